The fraction of sp³-hybridized carbons (Fsp3) is 0. The molecule has 2 rings (SSSR count). The molecule has 2 aromatic rings. The summed E-state index contributed by atoms with van der Waals surface area (Å²) < 4.78 is 0. The molecule has 0 saturated heterocycles. The van der Waals surface area contributed by atoms with Crippen molar-refractivity contribution in [1.82, 2.24) is 0 Å². The maximum Gasteiger partial charge on any atom is 0.336 e. The van der Waals surface area contributed by atoms with Crippen molar-refractivity contribution in [3.63, 3.8) is 0 Å². The molecule has 0 radical (unpaired) electrons. The van der Waals surface area contributed by atoms with E-state index in [0.717, 1.165) is 11.6 Å². The van der Waals surface area contributed by atoms with E-state index in [1.165, 1.54) is 12.1 Å². The third-order valence-corrected chi connectivity index (χ3v) is 2.61. The van der Waals surface area contributed by atoms with Gasteiger partial charge in [-0.15, -0.1) is 0 Å². The highest BCUT2D eigenvalue weighted by atomic mass is 16.4. The molecule has 2 aromatic carbocycles. The van der Waals surface area contributed by atoms with Crippen LogP contribution in [0.25, 0.3) is 0 Å². The molecule has 4 nitrogen and oxygen atoms in total. The molecular weight excluding hydrogens is 256 g/mol. The Balaban J connectivity index is 2.45. The van der Waals surface area contributed by atoms with Crippen LogP contribution in [0, 0.1) is 11.8 Å². The molecule has 0 atom stereocenters. The molecular formula is C16H10O4. The van der Waals surface area contributed by atoms with Gasteiger partial charge in [0.2, 0.25) is 0 Å². The number of aromatic carboxylic acids is 2. The van der Waals surface area contributed by atoms with E-state index in [9.17, 15) is 9.59 Å². The molecule has 0 saturated carbocycles. The molecule has 0 amide bonds. The molecule has 2 N–H and O–H groups in total. The van der Waals surface area contributed by atoms with Gasteiger partial charge in [0.25, 0.3) is 0 Å². The lowest BCUT2D eigenvalue weighted by Crippen LogP contribution is -2.04. The Hall–Kier alpha value is -3.06. The lowest BCUT2D eigenvalue weighted by molar-refractivity contribution is 0.0695. The van der Waals surface area contributed by atoms with Gasteiger partial charge in [0.1, 0.15) is 0 Å². The van der Waals surface area contributed by atoms with E-state index in [4.69, 9.17) is 10.2 Å². The van der Waals surface area contributed by atoms with Crippen molar-refractivity contribution < 1.29 is 19.8 Å². The summed E-state index contributed by atoms with van der Waals surface area (Å²) in [5, 5.41) is 18.0. The number of carbonyl (C=O) groups is 2. The molecule has 0 spiro atoms. The zero-order valence-electron chi connectivity index (χ0n) is 10.3. The fourth-order valence-electron chi connectivity index (χ4n) is 1.62. The van der Waals surface area contributed by atoms with Crippen LogP contribution in [0.3, 0.4) is 0 Å². The number of carboxylic acids is 2. The first-order valence-corrected chi connectivity index (χ1v) is 5.75. The summed E-state index contributed by atoms with van der Waals surface area (Å²) in [6, 6.07) is 13.0. The third kappa shape index (κ3) is 3.03. The van der Waals surface area contributed by atoms with Crippen LogP contribution in [0.4, 0.5) is 0 Å². The number of hydrogen-bond acceptors (Lipinski definition) is 2. The van der Waals surface area contributed by atoms with Crippen LogP contribution >= 0.6 is 0 Å². The van der Waals surface area contributed by atoms with Gasteiger partial charge in [0, 0.05) is 11.1 Å². The van der Waals surface area contributed by atoms with Crippen LogP contribution in [0.1, 0.15) is 31.8 Å². The van der Waals surface area contributed by atoms with Crippen LogP contribution < -0.4 is 0 Å². The Kier molecular flexibility index (Phi) is 3.82. The molecule has 0 aliphatic rings. The first kappa shape index (κ1) is 13.4. The Morgan fingerprint density at radius 1 is 0.850 bits per heavy atom. The van der Waals surface area contributed by atoms with Gasteiger partial charge in [0.05, 0.1) is 11.1 Å². The smallest absolute Gasteiger partial charge is 0.336 e. The number of hydrogen-bond donors (Lipinski definition) is 2. The summed E-state index contributed by atoms with van der Waals surface area (Å²) in [4.78, 5) is 22.0. The van der Waals surface area contributed by atoms with Gasteiger partial charge >= 0.3 is 11.9 Å². The molecule has 0 aliphatic heterocycles. The van der Waals surface area contributed by atoms with E-state index >= 15 is 0 Å². The van der Waals surface area contributed by atoms with Crippen LogP contribution in [-0.4, -0.2) is 22.2 Å². The third-order valence-electron chi connectivity index (χ3n) is 2.61. The van der Waals surface area contributed by atoms with E-state index in [0.29, 0.717) is 0 Å². The second-order valence-electron chi connectivity index (χ2n) is 3.99. The molecule has 0 unspecified atom stereocenters. The number of carboxylic acid groups (broad SMARTS) is 2. The molecule has 98 valence electrons. The van der Waals surface area contributed by atoms with Crippen molar-refractivity contribution in [2.24, 2.45) is 0 Å². The van der Waals surface area contributed by atoms with Crippen molar-refractivity contribution in [2.45, 2.75) is 0 Å². The van der Waals surface area contributed by atoms with Gasteiger partial charge in [0.15, 0.2) is 0 Å². The summed E-state index contributed by atoms with van der Waals surface area (Å²) in [6.45, 7) is 0. The lowest BCUT2D eigenvalue weighted by atomic mass is 10.0. The van der Waals surface area contributed by atoms with Crippen molar-refractivity contribution in [3.8, 4) is 11.8 Å². The molecule has 20 heavy (non-hydrogen) atoms. The summed E-state index contributed by atoms with van der Waals surface area (Å²) in [5.74, 6) is 3.22. The molecule has 0 aliphatic carbocycles. The van der Waals surface area contributed by atoms with Gasteiger partial charge in [-0.05, 0) is 30.3 Å². The first-order chi connectivity index (χ1) is 9.58. The molecule has 0 fully saturated rings. The SMILES string of the molecule is O=C(O)c1ccc(C#Cc2ccccc2)c(C(=O)O)c1. The average molecular weight is 266 g/mol. The molecule has 0 bridgehead atoms. The van der Waals surface area contributed by atoms with Gasteiger partial charge < -0.3 is 10.2 Å². The summed E-state index contributed by atoms with van der Waals surface area (Å²) in [6.07, 6.45) is 0. The standard InChI is InChI=1S/C16H10O4/c17-15(18)13-9-8-12(14(10-13)16(19)20)7-6-11-4-2-1-3-5-11/h1-5,8-10H,(H,17,18)(H,19,20). The highest BCUT2D eigenvalue weighted by Crippen LogP contribution is 2.12. The monoisotopic (exact) mass is 266 g/mol. The Labute approximate surface area is 115 Å². The Bertz CT molecular complexity index is 721. The van der Waals surface area contributed by atoms with Gasteiger partial charge in [-0.1, -0.05) is 30.0 Å². The second kappa shape index (κ2) is 5.72. The normalized spacial score (nSPS) is 9.40. The average Bonchev–Trinajstić information content (AvgIpc) is 2.45. The van der Waals surface area contributed by atoms with Gasteiger partial charge in [-0.25, -0.2) is 9.59 Å². The quantitative estimate of drug-likeness (QED) is 0.819. The minimum Gasteiger partial charge on any atom is -0.478 e. The molecule has 0 heterocycles. The highest BCUT2D eigenvalue weighted by Gasteiger charge is 2.12. The van der Waals surface area contributed by atoms with Crippen molar-refractivity contribution in [2.75, 3.05) is 0 Å². The highest BCUT2D eigenvalue weighted by molar-refractivity contribution is 5.95. The predicted molar refractivity (Wildman–Crippen MR) is 72.8 cm³/mol. The van der Waals surface area contributed by atoms with Gasteiger partial charge in [-0.2, -0.15) is 0 Å². The lowest BCUT2D eigenvalue weighted by Gasteiger charge is -2.01. The van der Waals surface area contributed by atoms with E-state index in [-0.39, 0.29) is 16.7 Å². The van der Waals surface area contributed by atoms with E-state index < -0.39 is 11.9 Å². The second-order valence-corrected chi connectivity index (χ2v) is 3.99. The predicted octanol–water partition coefficient (Wildman–Crippen LogP) is 2.48. The van der Waals surface area contributed by atoms with Crippen molar-refractivity contribution >= 4 is 11.9 Å². The van der Waals surface area contributed by atoms with E-state index in [1.54, 1.807) is 12.1 Å². The minimum atomic E-state index is -1.20. The van der Waals surface area contributed by atoms with Crippen LogP contribution in [0.2, 0.25) is 0 Å². The topological polar surface area (TPSA) is 74.6 Å². The minimum absolute atomic E-state index is 0.0762. The zero-order chi connectivity index (χ0) is 14.5. The number of benzene rings is 2. The molecule has 4 heteroatoms. The van der Waals surface area contributed by atoms with Crippen LogP contribution in [0.5, 0.6) is 0 Å². The summed E-state index contributed by atoms with van der Waals surface area (Å²) in [7, 11) is 0. The zero-order valence-corrected chi connectivity index (χ0v) is 10.3. The van der Waals surface area contributed by atoms with Gasteiger partial charge in [-0.3, -0.25) is 0 Å². The number of rotatable bonds is 2. The Morgan fingerprint density at radius 3 is 2.15 bits per heavy atom. The fourth-order valence-corrected chi connectivity index (χ4v) is 1.62. The van der Waals surface area contributed by atoms with Crippen molar-refractivity contribution in [3.05, 3.63) is 70.8 Å². The van der Waals surface area contributed by atoms with Crippen LogP contribution in [-0.2, 0) is 0 Å². The van der Waals surface area contributed by atoms with Crippen molar-refractivity contribution in [1.29, 1.82) is 0 Å². The first-order valence-electron chi connectivity index (χ1n) is 5.75. The largest absolute Gasteiger partial charge is 0.478 e. The summed E-state index contributed by atoms with van der Waals surface area (Å²) in [5.41, 5.74) is 0.846. The summed E-state index contributed by atoms with van der Waals surface area (Å²) >= 11 is 0. The van der Waals surface area contributed by atoms with E-state index in [2.05, 4.69) is 11.8 Å². The molecule has 0 aromatic heterocycles. The maximum absolute atomic E-state index is 11.1. The van der Waals surface area contributed by atoms with E-state index in [1.807, 2.05) is 18.2 Å². The maximum atomic E-state index is 11.1. The Morgan fingerprint density at radius 2 is 1.55 bits per heavy atom. The van der Waals surface area contributed by atoms with Crippen LogP contribution in [0.15, 0.2) is 48.5 Å².